The van der Waals surface area contributed by atoms with Crippen molar-refractivity contribution >= 4 is 9.53 Å². The van der Waals surface area contributed by atoms with Crippen LogP contribution < -0.4 is 0 Å². The van der Waals surface area contributed by atoms with Crippen LogP contribution in [0.25, 0.3) is 0 Å². The highest BCUT2D eigenvalue weighted by atomic mass is 28.3. The summed E-state index contributed by atoms with van der Waals surface area (Å²) in [6, 6.07) is 0. The van der Waals surface area contributed by atoms with E-state index in [-0.39, 0.29) is 0 Å². The number of hydrogen-bond acceptors (Lipinski definition) is 6. The first kappa shape index (κ1) is 14.0. The third kappa shape index (κ3) is 3.77. The molecule has 0 bridgehead atoms. The quantitative estimate of drug-likeness (QED) is 0.262. The first-order valence-corrected chi connectivity index (χ1v) is 6.99. The van der Waals surface area contributed by atoms with Crippen molar-refractivity contribution in [3.63, 3.8) is 0 Å². The minimum atomic E-state index is -1.89. The molecule has 0 saturated carbocycles. The first-order valence-electron chi connectivity index (χ1n) is 5.58. The third-order valence-electron chi connectivity index (χ3n) is 2.02. The monoisotopic (exact) mass is 252 g/mol. The van der Waals surface area contributed by atoms with Crippen LogP contribution in [-0.2, 0) is 27.8 Å². The lowest BCUT2D eigenvalue weighted by atomic mass is 10.3. The van der Waals surface area contributed by atoms with Gasteiger partial charge in [-0.05, 0) is 27.7 Å². The fourth-order valence-electron chi connectivity index (χ4n) is 1.40. The Morgan fingerprint density at radius 3 is 1.75 bits per heavy atom. The lowest BCUT2D eigenvalue weighted by molar-refractivity contribution is -0.404. The van der Waals surface area contributed by atoms with E-state index in [4.69, 9.17) is 18.6 Å². The van der Waals surface area contributed by atoms with E-state index < -0.39 is 21.6 Å². The van der Waals surface area contributed by atoms with Crippen LogP contribution >= 0.6 is 0 Å². The van der Waals surface area contributed by atoms with E-state index in [1.165, 1.54) is 0 Å². The molecule has 1 aliphatic rings. The SMILES string of the molecule is CCOC(OCC)(OCC)C(C)O[SiH]1OO1. The second-order valence-corrected chi connectivity index (χ2v) is 4.40. The van der Waals surface area contributed by atoms with Gasteiger partial charge in [-0.3, -0.25) is 0 Å². The second-order valence-electron chi connectivity index (χ2n) is 3.16. The van der Waals surface area contributed by atoms with Gasteiger partial charge in [0.15, 0.2) is 0 Å². The number of ether oxygens (including phenoxy) is 3. The fourth-order valence-corrected chi connectivity index (χ4v) is 2.17. The first-order chi connectivity index (χ1) is 7.68. The highest BCUT2D eigenvalue weighted by Crippen LogP contribution is 2.25. The van der Waals surface area contributed by atoms with E-state index in [0.29, 0.717) is 19.8 Å². The van der Waals surface area contributed by atoms with Gasteiger partial charge in [0.2, 0.25) is 0 Å². The smallest absolute Gasteiger partial charge is 0.362 e. The maximum absolute atomic E-state index is 5.54. The molecule has 0 aliphatic carbocycles. The average molecular weight is 252 g/mol. The summed E-state index contributed by atoms with van der Waals surface area (Å²) in [7, 11) is -1.89. The summed E-state index contributed by atoms with van der Waals surface area (Å²) < 4.78 is 31.4. The highest BCUT2D eigenvalue weighted by Gasteiger charge is 2.46. The lowest BCUT2D eigenvalue weighted by Crippen LogP contribution is -2.50. The van der Waals surface area contributed by atoms with Crippen molar-refractivity contribution in [3.05, 3.63) is 0 Å². The summed E-state index contributed by atoms with van der Waals surface area (Å²) in [5.41, 5.74) is 0. The third-order valence-corrected chi connectivity index (χ3v) is 3.00. The van der Waals surface area contributed by atoms with Crippen molar-refractivity contribution in [2.75, 3.05) is 19.8 Å². The molecule has 0 amide bonds. The molecule has 1 saturated heterocycles. The van der Waals surface area contributed by atoms with Gasteiger partial charge in [-0.2, -0.15) is 0 Å². The van der Waals surface area contributed by atoms with Gasteiger partial charge in [-0.1, -0.05) is 0 Å². The molecule has 7 heteroatoms. The van der Waals surface area contributed by atoms with Crippen LogP contribution in [-0.4, -0.2) is 41.4 Å². The van der Waals surface area contributed by atoms with E-state index in [0.717, 1.165) is 0 Å². The van der Waals surface area contributed by atoms with E-state index in [1.54, 1.807) is 0 Å². The maximum atomic E-state index is 5.54. The van der Waals surface area contributed by atoms with Gasteiger partial charge in [-0.25, -0.2) is 9.15 Å². The van der Waals surface area contributed by atoms with Crippen LogP contribution in [0.2, 0.25) is 0 Å². The van der Waals surface area contributed by atoms with Gasteiger partial charge in [0, 0.05) is 19.8 Å². The number of rotatable bonds is 9. The Bertz CT molecular complexity index is 181. The predicted molar refractivity (Wildman–Crippen MR) is 57.5 cm³/mol. The van der Waals surface area contributed by atoms with Gasteiger partial charge < -0.3 is 18.6 Å². The van der Waals surface area contributed by atoms with Crippen molar-refractivity contribution in [1.82, 2.24) is 0 Å². The molecule has 1 unspecified atom stereocenters. The minimum absolute atomic E-state index is 0.397. The molecule has 16 heavy (non-hydrogen) atoms. The Morgan fingerprint density at radius 1 is 1.00 bits per heavy atom. The molecule has 0 spiro atoms. The van der Waals surface area contributed by atoms with Crippen molar-refractivity contribution in [2.24, 2.45) is 0 Å². The van der Waals surface area contributed by atoms with Crippen LogP contribution in [0, 0.1) is 0 Å². The van der Waals surface area contributed by atoms with Crippen LogP contribution in [0.15, 0.2) is 0 Å². The summed E-state index contributed by atoms with van der Waals surface area (Å²) in [6.07, 6.45) is -0.397. The van der Waals surface area contributed by atoms with Crippen molar-refractivity contribution in [1.29, 1.82) is 0 Å². The van der Waals surface area contributed by atoms with Gasteiger partial charge >= 0.3 is 15.5 Å². The molecule has 0 radical (unpaired) electrons. The van der Waals surface area contributed by atoms with E-state index in [1.807, 2.05) is 27.7 Å². The van der Waals surface area contributed by atoms with Gasteiger partial charge in [0.05, 0.1) is 0 Å². The molecule has 0 aromatic rings. The maximum Gasteiger partial charge on any atom is 0.540 e. The van der Waals surface area contributed by atoms with E-state index in [9.17, 15) is 0 Å². The summed E-state index contributed by atoms with van der Waals surface area (Å²) in [5.74, 6) is -1.17. The molecule has 1 aliphatic heterocycles. The van der Waals surface area contributed by atoms with Crippen LogP contribution in [0.5, 0.6) is 0 Å². The Labute approximate surface area is 97.6 Å². The van der Waals surface area contributed by atoms with Crippen molar-refractivity contribution < 1.29 is 27.8 Å². The molecule has 0 N–H and O–H groups in total. The second kappa shape index (κ2) is 6.65. The Balaban J connectivity index is 2.61. The summed E-state index contributed by atoms with van der Waals surface area (Å²) in [4.78, 5) is 0. The normalized spacial score (nSPS) is 18.8. The topological polar surface area (TPSA) is 62.0 Å². The highest BCUT2D eigenvalue weighted by molar-refractivity contribution is 6.42. The molecule has 1 fully saturated rings. The number of hydrogen-bond donors (Lipinski definition) is 0. The molecule has 96 valence electrons. The van der Waals surface area contributed by atoms with E-state index in [2.05, 4.69) is 9.15 Å². The van der Waals surface area contributed by atoms with Gasteiger partial charge in [0.1, 0.15) is 6.10 Å². The molecule has 1 rings (SSSR count). The Morgan fingerprint density at radius 2 is 1.44 bits per heavy atom. The molecular weight excluding hydrogens is 232 g/mol. The molecule has 0 aromatic heterocycles. The summed E-state index contributed by atoms with van der Waals surface area (Å²) >= 11 is 0. The minimum Gasteiger partial charge on any atom is -0.362 e. The molecule has 6 nitrogen and oxygen atoms in total. The van der Waals surface area contributed by atoms with Crippen LogP contribution in [0.1, 0.15) is 27.7 Å². The Kier molecular flexibility index (Phi) is 5.83. The molecular formula is C9H20O6Si. The Hall–Kier alpha value is -0.0231. The molecule has 1 heterocycles. The van der Waals surface area contributed by atoms with Crippen LogP contribution in [0.3, 0.4) is 0 Å². The zero-order chi connectivity index (χ0) is 12.0. The van der Waals surface area contributed by atoms with Gasteiger partial charge in [-0.15, -0.1) is 0 Å². The summed E-state index contributed by atoms with van der Waals surface area (Å²) in [6.45, 7) is 8.87. The van der Waals surface area contributed by atoms with E-state index >= 15 is 0 Å². The average Bonchev–Trinajstić information content (AvgIpc) is 3.02. The van der Waals surface area contributed by atoms with Crippen LogP contribution in [0.4, 0.5) is 0 Å². The fraction of sp³-hybridized carbons (Fsp3) is 1.00. The molecule has 1 atom stereocenters. The largest absolute Gasteiger partial charge is 0.540 e. The zero-order valence-electron chi connectivity index (χ0n) is 10.2. The summed E-state index contributed by atoms with van der Waals surface area (Å²) in [5, 5.41) is 0. The predicted octanol–water partition coefficient (Wildman–Crippen LogP) is 0.834. The standard InChI is InChI=1S/C9H20O6Si/c1-5-10-9(11-6-2,12-7-3)8(4)13-16-14-15-16/h8,16H,5-7H2,1-4H3. The van der Waals surface area contributed by atoms with Crippen molar-refractivity contribution in [2.45, 2.75) is 39.8 Å². The van der Waals surface area contributed by atoms with Crippen molar-refractivity contribution in [3.8, 4) is 0 Å². The molecule has 0 aromatic carbocycles. The zero-order valence-corrected chi connectivity index (χ0v) is 11.4. The van der Waals surface area contributed by atoms with Gasteiger partial charge in [0.25, 0.3) is 0 Å². The lowest BCUT2D eigenvalue weighted by Gasteiger charge is -2.36.